The maximum atomic E-state index is 11.4. The molecule has 0 radical (unpaired) electrons. The molecule has 1 saturated heterocycles. The Morgan fingerprint density at radius 3 is 2.48 bits per heavy atom. The molecule has 1 fully saturated rings. The lowest BCUT2D eigenvalue weighted by molar-refractivity contribution is 0.0696. The Balaban J connectivity index is 2.24. The zero-order valence-corrected chi connectivity index (χ0v) is 13.5. The Morgan fingerprint density at radius 2 is 1.95 bits per heavy atom. The van der Waals surface area contributed by atoms with Gasteiger partial charge in [-0.25, -0.2) is 9.78 Å². The van der Waals surface area contributed by atoms with Crippen molar-refractivity contribution in [3.05, 3.63) is 23.4 Å². The number of carbonyl (C=O) groups is 1. The van der Waals surface area contributed by atoms with Crippen molar-refractivity contribution in [2.75, 3.05) is 16.8 Å². The summed E-state index contributed by atoms with van der Waals surface area (Å²) in [6.07, 6.45) is 1.66. The van der Waals surface area contributed by atoms with E-state index < -0.39 is 16.8 Å². The van der Waals surface area contributed by atoms with E-state index in [2.05, 4.69) is 10.3 Å². The van der Waals surface area contributed by atoms with Gasteiger partial charge in [0.15, 0.2) is 0 Å². The molecule has 0 unspecified atom stereocenters. The molecule has 2 rings (SSSR count). The predicted octanol–water partition coefficient (Wildman–Crippen LogP) is 2.40. The normalized spacial score (nSPS) is 22.8. The van der Waals surface area contributed by atoms with E-state index in [1.54, 1.807) is 12.1 Å². The van der Waals surface area contributed by atoms with Crippen molar-refractivity contribution in [2.45, 2.75) is 45.1 Å². The maximum Gasteiger partial charge on any atom is 0.335 e. The van der Waals surface area contributed by atoms with Crippen molar-refractivity contribution in [1.29, 1.82) is 0 Å². The summed E-state index contributed by atoms with van der Waals surface area (Å²) in [4.78, 5) is 15.8. The molecule has 1 aliphatic heterocycles. The molecule has 1 aromatic rings. The van der Waals surface area contributed by atoms with Gasteiger partial charge in [-0.3, -0.25) is 4.21 Å². The third-order valence-corrected chi connectivity index (χ3v) is 4.96. The summed E-state index contributed by atoms with van der Waals surface area (Å²) in [6.45, 7) is 6.03. The Morgan fingerprint density at radius 1 is 1.33 bits per heavy atom. The monoisotopic (exact) mass is 310 g/mol. The van der Waals surface area contributed by atoms with Gasteiger partial charge in [-0.05, 0) is 25.0 Å². The molecule has 0 aliphatic carbocycles. The summed E-state index contributed by atoms with van der Waals surface area (Å²) >= 11 is 0. The first kappa shape index (κ1) is 15.9. The molecular weight excluding hydrogens is 288 g/mol. The van der Waals surface area contributed by atoms with Gasteiger partial charge >= 0.3 is 5.97 Å². The molecule has 0 saturated carbocycles. The van der Waals surface area contributed by atoms with Gasteiger partial charge in [-0.2, -0.15) is 0 Å². The lowest BCUT2D eigenvalue weighted by Gasteiger charge is -2.25. The Labute approximate surface area is 127 Å². The molecule has 2 N–H and O–H groups in total. The maximum absolute atomic E-state index is 11.4. The second-order valence-electron chi connectivity index (χ2n) is 6.45. The third kappa shape index (κ3) is 4.27. The van der Waals surface area contributed by atoms with Crippen LogP contribution in [-0.2, 0) is 16.2 Å². The third-order valence-electron chi connectivity index (χ3n) is 3.58. The van der Waals surface area contributed by atoms with Crippen molar-refractivity contribution in [2.24, 2.45) is 0 Å². The number of pyridine rings is 1. The molecule has 0 amide bonds. The first-order valence-electron chi connectivity index (χ1n) is 7.13. The van der Waals surface area contributed by atoms with Crippen LogP contribution in [0.5, 0.6) is 0 Å². The second kappa shape index (κ2) is 6.13. The minimum absolute atomic E-state index is 0.212. The van der Waals surface area contributed by atoms with Crippen molar-refractivity contribution < 1.29 is 14.1 Å². The van der Waals surface area contributed by atoms with Gasteiger partial charge in [-0.1, -0.05) is 20.8 Å². The topological polar surface area (TPSA) is 79.3 Å². The molecule has 2 heterocycles. The van der Waals surface area contributed by atoms with Crippen LogP contribution >= 0.6 is 0 Å². The van der Waals surface area contributed by atoms with Crippen LogP contribution < -0.4 is 5.32 Å². The number of rotatable bonds is 3. The summed E-state index contributed by atoms with van der Waals surface area (Å²) in [6, 6.07) is 3.42. The van der Waals surface area contributed by atoms with Crippen LogP contribution in [0.2, 0.25) is 0 Å². The van der Waals surface area contributed by atoms with Crippen LogP contribution in [0.1, 0.15) is 49.7 Å². The SMILES string of the molecule is CC(C)(C)c1cc(C(=O)O)cc(NC2CCS(=O)CC2)n1. The molecule has 6 heteroatoms. The summed E-state index contributed by atoms with van der Waals surface area (Å²) in [5.74, 6) is 1.04. The average molecular weight is 310 g/mol. The van der Waals surface area contributed by atoms with Crippen molar-refractivity contribution in [3.8, 4) is 0 Å². The van der Waals surface area contributed by atoms with E-state index in [1.165, 1.54) is 0 Å². The lowest BCUT2D eigenvalue weighted by Crippen LogP contribution is -2.30. The zero-order valence-electron chi connectivity index (χ0n) is 12.7. The van der Waals surface area contributed by atoms with E-state index in [0.29, 0.717) is 17.3 Å². The van der Waals surface area contributed by atoms with Crippen LogP contribution in [0, 0.1) is 0 Å². The van der Waals surface area contributed by atoms with Crippen LogP contribution in [0.3, 0.4) is 0 Å². The first-order valence-corrected chi connectivity index (χ1v) is 8.62. The van der Waals surface area contributed by atoms with Gasteiger partial charge in [0, 0.05) is 39.5 Å². The number of anilines is 1. The fraction of sp³-hybridized carbons (Fsp3) is 0.600. The highest BCUT2D eigenvalue weighted by Crippen LogP contribution is 2.24. The summed E-state index contributed by atoms with van der Waals surface area (Å²) in [7, 11) is -0.704. The molecule has 0 aromatic carbocycles. The van der Waals surface area contributed by atoms with Crippen LogP contribution in [0.25, 0.3) is 0 Å². The summed E-state index contributed by atoms with van der Waals surface area (Å²) in [5, 5.41) is 12.5. The van der Waals surface area contributed by atoms with Gasteiger partial charge in [-0.15, -0.1) is 0 Å². The van der Waals surface area contributed by atoms with Gasteiger partial charge in [0.2, 0.25) is 0 Å². The van der Waals surface area contributed by atoms with Crippen LogP contribution in [-0.4, -0.2) is 37.8 Å². The number of aromatic nitrogens is 1. The largest absolute Gasteiger partial charge is 0.478 e. The number of nitrogens with zero attached hydrogens (tertiary/aromatic N) is 1. The minimum atomic E-state index is -0.948. The van der Waals surface area contributed by atoms with E-state index in [1.807, 2.05) is 20.8 Å². The van der Waals surface area contributed by atoms with Crippen molar-refractivity contribution in [3.63, 3.8) is 0 Å². The number of nitrogens with one attached hydrogen (secondary N) is 1. The van der Waals surface area contributed by atoms with Crippen LogP contribution in [0.15, 0.2) is 12.1 Å². The van der Waals surface area contributed by atoms with E-state index >= 15 is 0 Å². The van der Waals surface area contributed by atoms with Gasteiger partial charge in [0.05, 0.1) is 5.56 Å². The number of hydrogen-bond acceptors (Lipinski definition) is 4. The molecule has 1 aliphatic rings. The van der Waals surface area contributed by atoms with Gasteiger partial charge in [0.25, 0.3) is 0 Å². The Hall–Kier alpha value is -1.43. The second-order valence-corrected chi connectivity index (χ2v) is 8.14. The smallest absolute Gasteiger partial charge is 0.335 e. The summed E-state index contributed by atoms with van der Waals surface area (Å²) < 4.78 is 11.4. The van der Waals surface area contributed by atoms with Crippen molar-refractivity contribution in [1.82, 2.24) is 4.98 Å². The van der Waals surface area contributed by atoms with E-state index in [4.69, 9.17) is 0 Å². The van der Waals surface area contributed by atoms with Crippen molar-refractivity contribution >= 4 is 22.6 Å². The minimum Gasteiger partial charge on any atom is -0.478 e. The van der Waals surface area contributed by atoms with Gasteiger partial charge in [0.1, 0.15) is 5.82 Å². The number of carboxylic acid groups (broad SMARTS) is 1. The quantitative estimate of drug-likeness (QED) is 0.896. The van der Waals surface area contributed by atoms with E-state index in [0.717, 1.165) is 18.5 Å². The molecule has 116 valence electrons. The Bertz CT molecular complexity index is 557. The zero-order chi connectivity index (χ0) is 15.6. The standard InChI is InChI=1S/C15H22N2O3S/c1-15(2,3)12-8-10(14(18)19)9-13(17-12)16-11-4-6-21(20)7-5-11/h8-9,11H,4-7H2,1-3H3,(H,16,17)(H,18,19). The average Bonchev–Trinajstić information content (AvgIpc) is 2.40. The molecule has 0 spiro atoms. The van der Waals surface area contributed by atoms with E-state index in [9.17, 15) is 14.1 Å². The van der Waals surface area contributed by atoms with E-state index in [-0.39, 0.29) is 17.0 Å². The lowest BCUT2D eigenvalue weighted by atomic mass is 9.90. The highest BCUT2D eigenvalue weighted by atomic mass is 32.2. The molecule has 0 atom stereocenters. The first-order chi connectivity index (χ1) is 9.75. The molecule has 1 aromatic heterocycles. The molecule has 21 heavy (non-hydrogen) atoms. The highest BCUT2D eigenvalue weighted by Gasteiger charge is 2.22. The fourth-order valence-electron chi connectivity index (χ4n) is 2.26. The number of aromatic carboxylic acids is 1. The molecular formula is C15H22N2O3S. The Kier molecular flexibility index (Phi) is 4.66. The predicted molar refractivity (Wildman–Crippen MR) is 84.4 cm³/mol. The number of hydrogen-bond donors (Lipinski definition) is 2. The van der Waals surface area contributed by atoms with Crippen LogP contribution in [0.4, 0.5) is 5.82 Å². The highest BCUT2D eigenvalue weighted by molar-refractivity contribution is 7.85. The fourth-order valence-corrected chi connectivity index (χ4v) is 3.56. The summed E-state index contributed by atoms with van der Waals surface area (Å²) in [5.41, 5.74) is 0.789. The van der Waals surface area contributed by atoms with Gasteiger partial charge < -0.3 is 10.4 Å². The number of carboxylic acids is 1. The molecule has 5 nitrogen and oxygen atoms in total. The molecule has 0 bridgehead atoms.